The molecule has 6 heteroatoms. The first-order valence-corrected chi connectivity index (χ1v) is 6.04. The molecule has 0 aliphatic rings. The summed E-state index contributed by atoms with van der Waals surface area (Å²) in [6.07, 6.45) is 3.03. The number of carbonyl (C=O) groups is 1. The predicted molar refractivity (Wildman–Crippen MR) is 73.7 cm³/mol. The monoisotopic (exact) mass is 263 g/mol. The molecular formula is C13H17N3O3. The minimum absolute atomic E-state index is 0.0345. The summed E-state index contributed by atoms with van der Waals surface area (Å²) in [6.45, 7) is 4.16. The molecule has 0 bridgehead atoms. The zero-order valence-corrected chi connectivity index (χ0v) is 10.8. The van der Waals surface area contributed by atoms with Gasteiger partial charge in [0.2, 0.25) is 5.91 Å². The van der Waals surface area contributed by atoms with E-state index in [1.165, 1.54) is 18.2 Å². The van der Waals surface area contributed by atoms with Crippen LogP contribution in [0.4, 0.5) is 5.69 Å². The fourth-order valence-corrected chi connectivity index (χ4v) is 1.39. The van der Waals surface area contributed by atoms with Crippen molar-refractivity contribution in [3.05, 3.63) is 46.0 Å². The van der Waals surface area contributed by atoms with E-state index in [0.29, 0.717) is 6.54 Å². The zero-order chi connectivity index (χ0) is 14.1. The quantitative estimate of drug-likeness (QED) is 0.336. The molecule has 0 heterocycles. The number of nitro benzene ring substituents is 1. The van der Waals surface area contributed by atoms with Gasteiger partial charge in [0.25, 0.3) is 5.69 Å². The van der Waals surface area contributed by atoms with Gasteiger partial charge < -0.3 is 10.6 Å². The standard InChI is InChI=1S/C13H17N3O3/c1-2-14-9-10-15-13(17)8-5-11-3-6-12(7-4-11)16(18)19/h3-8,14H,2,9-10H2,1H3,(H,15,17). The molecule has 0 unspecified atom stereocenters. The van der Waals surface area contributed by atoms with Gasteiger partial charge in [-0.2, -0.15) is 0 Å². The number of nitrogens with one attached hydrogen (secondary N) is 2. The number of hydrogen-bond acceptors (Lipinski definition) is 4. The molecule has 0 fully saturated rings. The van der Waals surface area contributed by atoms with Crippen LogP contribution in [0.15, 0.2) is 30.3 Å². The van der Waals surface area contributed by atoms with E-state index < -0.39 is 4.92 Å². The fourth-order valence-electron chi connectivity index (χ4n) is 1.39. The zero-order valence-electron chi connectivity index (χ0n) is 10.8. The van der Waals surface area contributed by atoms with Crippen LogP contribution in [0.3, 0.4) is 0 Å². The first-order chi connectivity index (χ1) is 9.13. The number of hydrogen-bond donors (Lipinski definition) is 2. The van der Waals surface area contributed by atoms with Crippen LogP contribution in [0, 0.1) is 10.1 Å². The third-order valence-electron chi connectivity index (χ3n) is 2.38. The maximum atomic E-state index is 11.4. The Morgan fingerprint density at radius 3 is 2.58 bits per heavy atom. The summed E-state index contributed by atoms with van der Waals surface area (Å²) in [5.41, 5.74) is 0.777. The van der Waals surface area contributed by atoms with Crippen LogP contribution in [0.5, 0.6) is 0 Å². The molecule has 0 atom stereocenters. The topological polar surface area (TPSA) is 84.3 Å². The molecule has 1 amide bonds. The molecule has 1 aromatic rings. The van der Waals surface area contributed by atoms with E-state index in [-0.39, 0.29) is 11.6 Å². The Morgan fingerprint density at radius 2 is 2.00 bits per heavy atom. The van der Waals surface area contributed by atoms with E-state index in [9.17, 15) is 14.9 Å². The number of non-ortho nitro benzene ring substituents is 1. The molecule has 0 aliphatic heterocycles. The second kappa shape index (κ2) is 7.99. The van der Waals surface area contributed by atoms with Crippen molar-refractivity contribution in [3.63, 3.8) is 0 Å². The van der Waals surface area contributed by atoms with Gasteiger partial charge in [-0.25, -0.2) is 0 Å². The van der Waals surface area contributed by atoms with Crippen molar-refractivity contribution in [2.45, 2.75) is 6.92 Å². The third-order valence-corrected chi connectivity index (χ3v) is 2.38. The highest BCUT2D eigenvalue weighted by Gasteiger charge is 2.02. The van der Waals surface area contributed by atoms with Crippen LogP contribution < -0.4 is 10.6 Å². The Balaban J connectivity index is 2.43. The van der Waals surface area contributed by atoms with Crippen LogP contribution in [0.2, 0.25) is 0 Å². The van der Waals surface area contributed by atoms with Crippen LogP contribution >= 0.6 is 0 Å². The van der Waals surface area contributed by atoms with Gasteiger partial charge in [-0.3, -0.25) is 14.9 Å². The maximum absolute atomic E-state index is 11.4. The highest BCUT2D eigenvalue weighted by atomic mass is 16.6. The Morgan fingerprint density at radius 1 is 1.32 bits per heavy atom. The van der Waals surface area contributed by atoms with Gasteiger partial charge in [0, 0.05) is 31.3 Å². The molecule has 0 radical (unpaired) electrons. The molecule has 19 heavy (non-hydrogen) atoms. The van der Waals surface area contributed by atoms with E-state index in [2.05, 4.69) is 10.6 Å². The first-order valence-electron chi connectivity index (χ1n) is 6.04. The van der Waals surface area contributed by atoms with Gasteiger partial charge in [-0.1, -0.05) is 6.92 Å². The smallest absolute Gasteiger partial charge is 0.269 e. The predicted octanol–water partition coefficient (Wildman–Crippen LogP) is 1.33. The number of nitrogens with zero attached hydrogens (tertiary/aromatic N) is 1. The van der Waals surface area contributed by atoms with Crippen molar-refractivity contribution >= 4 is 17.7 Å². The minimum atomic E-state index is -0.457. The van der Waals surface area contributed by atoms with Crippen LogP contribution in [-0.4, -0.2) is 30.5 Å². The summed E-state index contributed by atoms with van der Waals surface area (Å²) in [5.74, 6) is -0.184. The summed E-state index contributed by atoms with van der Waals surface area (Å²) >= 11 is 0. The number of rotatable bonds is 7. The van der Waals surface area contributed by atoms with Gasteiger partial charge in [-0.05, 0) is 30.3 Å². The van der Waals surface area contributed by atoms with E-state index >= 15 is 0 Å². The molecule has 6 nitrogen and oxygen atoms in total. The summed E-state index contributed by atoms with van der Waals surface area (Å²) in [6, 6.07) is 6.01. The van der Waals surface area contributed by atoms with E-state index in [4.69, 9.17) is 0 Å². The Bertz CT molecular complexity index is 455. The summed E-state index contributed by atoms with van der Waals surface area (Å²) < 4.78 is 0. The van der Waals surface area contributed by atoms with Gasteiger partial charge in [0.05, 0.1) is 4.92 Å². The number of benzene rings is 1. The number of amides is 1. The highest BCUT2D eigenvalue weighted by Crippen LogP contribution is 2.12. The SMILES string of the molecule is CCNCCNC(=O)C=Cc1ccc([N+](=O)[O-])cc1. The molecule has 0 saturated heterocycles. The van der Waals surface area contributed by atoms with E-state index in [0.717, 1.165) is 18.7 Å². The minimum Gasteiger partial charge on any atom is -0.351 e. The normalized spacial score (nSPS) is 10.6. The number of nitro groups is 1. The number of carbonyl (C=O) groups excluding carboxylic acids is 1. The molecule has 0 saturated carbocycles. The summed E-state index contributed by atoms with van der Waals surface area (Å²) in [7, 11) is 0. The van der Waals surface area contributed by atoms with E-state index in [1.807, 2.05) is 6.92 Å². The Hall–Kier alpha value is -2.21. The molecule has 1 rings (SSSR count). The van der Waals surface area contributed by atoms with Crippen molar-refractivity contribution in [1.29, 1.82) is 0 Å². The largest absolute Gasteiger partial charge is 0.351 e. The van der Waals surface area contributed by atoms with Gasteiger partial charge >= 0.3 is 0 Å². The highest BCUT2D eigenvalue weighted by molar-refractivity contribution is 5.91. The molecular weight excluding hydrogens is 246 g/mol. The summed E-state index contributed by atoms with van der Waals surface area (Å²) in [5, 5.41) is 16.3. The molecule has 0 spiro atoms. The second-order valence-electron chi connectivity index (χ2n) is 3.83. The van der Waals surface area contributed by atoms with Crippen molar-refractivity contribution < 1.29 is 9.72 Å². The first kappa shape index (κ1) is 14.8. The lowest BCUT2D eigenvalue weighted by Gasteiger charge is -2.02. The lowest BCUT2D eigenvalue weighted by Crippen LogP contribution is -2.30. The lowest BCUT2D eigenvalue weighted by molar-refractivity contribution is -0.384. The third kappa shape index (κ3) is 5.78. The molecule has 0 aliphatic carbocycles. The van der Waals surface area contributed by atoms with Crippen molar-refractivity contribution in [3.8, 4) is 0 Å². The molecule has 2 N–H and O–H groups in total. The van der Waals surface area contributed by atoms with Gasteiger partial charge in [0.15, 0.2) is 0 Å². The average Bonchev–Trinajstić information content (AvgIpc) is 2.42. The van der Waals surface area contributed by atoms with Crippen LogP contribution in [0.1, 0.15) is 12.5 Å². The number of likely N-dealkylation sites (N-methyl/N-ethyl adjacent to an activating group) is 1. The van der Waals surface area contributed by atoms with Crippen LogP contribution in [-0.2, 0) is 4.79 Å². The Kier molecular flexibility index (Phi) is 6.25. The molecule has 102 valence electrons. The van der Waals surface area contributed by atoms with Crippen LogP contribution in [0.25, 0.3) is 6.08 Å². The van der Waals surface area contributed by atoms with Crippen molar-refractivity contribution in [2.24, 2.45) is 0 Å². The Labute approximate surface area is 111 Å². The van der Waals surface area contributed by atoms with Crippen molar-refractivity contribution in [2.75, 3.05) is 19.6 Å². The van der Waals surface area contributed by atoms with E-state index in [1.54, 1.807) is 18.2 Å². The fraction of sp³-hybridized carbons (Fsp3) is 0.308. The molecule has 1 aromatic carbocycles. The summed E-state index contributed by atoms with van der Waals surface area (Å²) in [4.78, 5) is 21.4. The molecule has 0 aromatic heterocycles. The van der Waals surface area contributed by atoms with Gasteiger partial charge in [0.1, 0.15) is 0 Å². The lowest BCUT2D eigenvalue weighted by atomic mass is 10.2. The van der Waals surface area contributed by atoms with Gasteiger partial charge in [-0.15, -0.1) is 0 Å². The maximum Gasteiger partial charge on any atom is 0.269 e. The second-order valence-corrected chi connectivity index (χ2v) is 3.83. The average molecular weight is 263 g/mol. The van der Waals surface area contributed by atoms with Crippen molar-refractivity contribution in [1.82, 2.24) is 10.6 Å².